The van der Waals surface area contributed by atoms with Crippen molar-refractivity contribution in [2.45, 2.75) is 20.4 Å². The molecule has 4 nitrogen and oxygen atoms in total. The maximum atomic E-state index is 12.7. The van der Waals surface area contributed by atoms with Gasteiger partial charge in [-0.3, -0.25) is 9.69 Å². The lowest BCUT2D eigenvalue weighted by atomic mass is 10.1. The fraction of sp³-hybridized carbons (Fsp3) is 0.208. The quantitative estimate of drug-likeness (QED) is 0.560. The van der Waals surface area contributed by atoms with Crippen LogP contribution in [0.25, 0.3) is 0 Å². The van der Waals surface area contributed by atoms with Crippen LogP contribution < -0.4 is 10.1 Å². The molecular formula is C24H26N2O2. The zero-order valence-corrected chi connectivity index (χ0v) is 16.4. The number of benzene rings is 3. The first kappa shape index (κ1) is 19.6. The Morgan fingerprint density at radius 1 is 0.857 bits per heavy atom. The highest BCUT2D eigenvalue weighted by molar-refractivity contribution is 6.05. The zero-order chi connectivity index (χ0) is 19.8. The van der Waals surface area contributed by atoms with E-state index in [0.717, 1.165) is 25.4 Å². The lowest BCUT2D eigenvalue weighted by molar-refractivity contribution is 0.102. The van der Waals surface area contributed by atoms with Gasteiger partial charge in [0.1, 0.15) is 5.75 Å². The predicted molar refractivity (Wildman–Crippen MR) is 114 cm³/mol. The number of hydrogen-bond donors (Lipinski definition) is 1. The summed E-state index contributed by atoms with van der Waals surface area (Å²) in [6.07, 6.45) is 0. The molecule has 28 heavy (non-hydrogen) atoms. The number of nitrogens with one attached hydrogen (secondary N) is 1. The highest BCUT2D eigenvalue weighted by Gasteiger charge is 2.11. The van der Waals surface area contributed by atoms with Crippen molar-refractivity contribution in [1.29, 1.82) is 0 Å². The average molecular weight is 374 g/mol. The first-order valence-electron chi connectivity index (χ1n) is 9.64. The molecule has 0 aliphatic rings. The molecule has 0 heterocycles. The second-order valence-electron chi connectivity index (χ2n) is 6.52. The van der Waals surface area contributed by atoms with Crippen LogP contribution in [0.5, 0.6) is 11.5 Å². The molecule has 0 aliphatic heterocycles. The topological polar surface area (TPSA) is 41.6 Å². The number of anilines is 1. The van der Waals surface area contributed by atoms with Crippen LogP contribution in [0.4, 0.5) is 5.69 Å². The molecular weight excluding hydrogens is 348 g/mol. The number of hydrogen-bond acceptors (Lipinski definition) is 3. The molecule has 0 bridgehead atoms. The smallest absolute Gasteiger partial charge is 0.255 e. The second-order valence-corrected chi connectivity index (χ2v) is 6.52. The molecule has 0 fully saturated rings. The van der Waals surface area contributed by atoms with Gasteiger partial charge in [-0.2, -0.15) is 0 Å². The van der Waals surface area contributed by atoms with Gasteiger partial charge in [0.2, 0.25) is 0 Å². The molecule has 3 aromatic carbocycles. The summed E-state index contributed by atoms with van der Waals surface area (Å²) in [5, 5.41) is 2.96. The molecule has 1 N–H and O–H groups in total. The van der Waals surface area contributed by atoms with Crippen LogP contribution >= 0.6 is 0 Å². The summed E-state index contributed by atoms with van der Waals surface area (Å²) in [6.45, 7) is 7.22. The van der Waals surface area contributed by atoms with Crippen LogP contribution in [-0.4, -0.2) is 23.9 Å². The predicted octanol–water partition coefficient (Wildman–Crippen LogP) is 5.57. The minimum atomic E-state index is -0.154. The van der Waals surface area contributed by atoms with Gasteiger partial charge in [-0.1, -0.05) is 56.3 Å². The molecule has 4 heteroatoms. The van der Waals surface area contributed by atoms with E-state index in [1.54, 1.807) is 0 Å². The third kappa shape index (κ3) is 5.21. The summed E-state index contributed by atoms with van der Waals surface area (Å²) in [6, 6.07) is 24.7. The van der Waals surface area contributed by atoms with Gasteiger partial charge < -0.3 is 10.1 Å². The number of rotatable bonds is 8. The maximum absolute atomic E-state index is 12.7. The number of ether oxygens (including phenoxy) is 1. The van der Waals surface area contributed by atoms with Gasteiger partial charge >= 0.3 is 0 Å². The summed E-state index contributed by atoms with van der Waals surface area (Å²) in [5.74, 6) is 1.18. The zero-order valence-electron chi connectivity index (χ0n) is 16.4. The van der Waals surface area contributed by atoms with Gasteiger partial charge in [0.25, 0.3) is 5.91 Å². The van der Waals surface area contributed by atoms with Crippen LogP contribution in [0, 0.1) is 0 Å². The third-order valence-corrected chi connectivity index (χ3v) is 4.62. The highest BCUT2D eigenvalue weighted by Crippen LogP contribution is 2.29. The Bertz CT molecular complexity index is 888. The van der Waals surface area contributed by atoms with Crippen LogP contribution in [-0.2, 0) is 6.54 Å². The van der Waals surface area contributed by atoms with Crippen LogP contribution in [0.15, 0.2) is 78.9 Å². The number of para-hydroxylation sites is 3. The van der Waals surface area contributed by atoms with Gasteiger partial charge in [0.15, 0.2) is 5.75 Å². The average Bonchev–Trinajstić information content (AvgIpc) is 2.74. The van der Waals surface area contributed by atoms with E-state index in [1.807, 2.05) is 78.9 Å². The van der Waals surface area contributed by atoms with Crippen molar-refractivity contribution in [3.8, 4) is 11.5 Å². The Labute approximate surface area is 166 Å². The normalized spacial score (nSPS) is 10.7. The van der Waals surface area contributed by atoms with Crippen molar-refractivity contribution in [2.75, 3.05) is 18.4 Å². The largest absolute Gasteiger partial charge is 0.455 e. The minimum absolute atomic E-state index is 0.154. The third-order valence-electron chi connectivity index (χ3n) is 4.62. The van der Waals surface area contributed by atoms with Crippen molar-refractivity contribution < 1.29 is 9.53 Å². The molecule has 0 aromatic heterocycles. The van der Waals surface area contributed by atoms with Gasteiger partial charge in [-0.25, -0.2) is 0 Å². The number of nitrogens with zero attached hydrogens (tertiary/aromatic N) is 1. The van der Waals surface area contributed by atoms with E-state index in [9.17, 15) is 4.79 Å². The fourth-order valence-electron chi connectivity index (χ4n) is 2.94. The van der Waals surface area contributed by atoms with E-state index >= 15 is 0 Å². The van der Waals surface area contributed by atoms with Crippen LogP contribution in [0.2, 0.25) is 0 Å². The molecule has 144 valence electrons. The Kier molecular flexibility index (Phi) is 6.82. The molecule has 0 spiro atoms. The first-order valence-corrected chi connectivity index (χ1v) is 9.64. The Balaban J connectivity index is 1.69. The minimum Gasteiger partial charge on any atom is -0.455 e. The molecule has 0 saturated heterocycles. The molecule has 3 rings (SSSR count). The van der Waals surface area contributed by atoms with Crippen molar-refractivity contribution in [2.24, 2.45) is 0 Å². The van der Waals surface area contributed by atoms with Crippen molar-refractivity contribution >= 4 is 11.6 Å². The van der Waals surface area contributed by atoms with Gasteiger partial charge in [-0.15, -0.1) is 0 Å². The van der Waals surface area contributed by atoms with E-state index in [-0.39, 0.29) is 5.91 Å². The standard InChI is InChI=1S/C24H26N2O2/c1-3-26(4-2)18-19-14-16-20(17-15-19)24(27)25-22-12-8-9-13-23(22)28-21-10-6-5-7-11-21/h5-17H,3-4,18H2,1-2H3,(H,25,27). The SMILES string of the molecule is CCN(CC)Cc1ccc(C(=O)Nc2ccccc2Oc2ccccc2)cc1. The molecule has 3 aromatic rings. The van der Waals surface area contributed by atoms with Gasteiger partial charge in [0.05, 0.1) is 5.69 Å². The number of amides is 1. The molecule has 0 atom stereocenters. The summed E-state index contributed by atoms with van der Waals surface area (Å²) in [7, 11) is 0. The molecule has 1 amide bonds. The Hall–Kier alpha value is -3.11. The van der Waals surface area contributed by atoms with Gasteiger partial charge in [0, 0.05) is 12.1 Å². The van der Waals surface area contributed by atoms with E-state index < -0.39 is 0 Å². The maximum Gasteiger partial charge on any atom is 0.255 e. The van der Waals surface area contributed by atoms with E-state index in [0.29, 0.717) is 17.0 Å². The highest BCUT2D eigenvalue weighted by atomic mass is 16.5. The summed E-state index contributed by atoms with van der Waals surface area (Å²) in [4.78, 5) is 15.0. The van der Waals surface area contributed by atoms with Gasteiger partial charge in [-0.05, 0) is 55.1 Å². The lowest BCUT2D eigenvalue weighted by Crippen LogP contribution is -2.22. The van der Waals surface area contributed by atoms with E-state index in [4.69, 9.17) is 4.74 Å². The van der Waals surface area contributed by atoms with E-state index in [2.05, 4.69) is 24.1 Å². The lowest BCUT2D eigenvalue weighted by Gasteiger charge is -2.18. The van der Waals surface area contributed by atoms with E-state index in [1.165, 1.54) is 5.56 Å². The second kappa shape index (κ2) is 9.72. The molecule has 0 unspecified atom stereocenters. The number of carbonyl (C=O) groups excluding carboxylic acids is 1. The van der Waals surface area contributed by atoms with Crippen molar-refractivity contribution in [3.05, 3.63) is 90.0 Å². The molecule has 0 radical (unpaired) electrons. The summed E-state index contributed by atoms with van der Waals surface area (Å²) in [5.41, 5.74) is 2.47. The van der Waals surface area contributed by atoms with Crippen LogP contribution in [0.3, 0.4) is 0 Å². The van der Waals surface area contributed by atoms with Crippen LogP contribution in [0.1, 0.15) is 29.8 Å². The number of carbonyl (C=O) groups is 1. The van der Waals surface area contributed by atoms with Crippen molar-refractivity contribution in [1.82, 2.24) is 4.90 Å². The molecule has 0 saturated carbocycles. The molecule has 0 aliphatic carbocycles. The first-order chi connectivity index (χ1) is 13.7. The summed E-state index contributed by atoms with van der Waals surface area (Å²) < 4.78 is 5.91. The summed E-state index contributed by atoms with van der Waals surface area (Å²) >= 11 is 0. The monoisotopic (exact) mass is 374 g/mol. The fourth-order valence-corrected chi connectivity index (χ4v) is 2.94. The Morgan fingerprint density at radius 2 is 1.50 bits per heavy atom. The Morgan fingerprint density at radius 3 is 2.18 bits per heavy atom. The van der Waals surface area contributed by atoms with Crippen molar-refractivity contribution in [3.63, 3.8) is 0 Å².